The summed E-state index contributed by atoms with van der Waals surface area (Å²) in [5, 5.41) is 0.822. The Kier molecular flexibility index (Phi) is 7.22. The minimum atomic E-state index is 0.232. The Morgan fingerprint density at radius 3 is 2.58 bits per heavy atom. The summed E-state index contributed by atoms with van der Waals surface area (Å²) in [6.45, 7) is 4.86. The van der Waals surface area contributed by atoms with Crippen molar-refractivity contribution < 1.29 is 0 Å². The standard InChI is InChI=1S/C15H25ClN2S/c1-5-13(10-19-4)18(3)15(9-17)12-7-6-11(2)14(16)8-12/h6-8,13,15H,5,9-10,17H2,1-4H3. The smallest absolute Gasteiger partial charge is 0.0471 e. The third-order valence-corrected chi connectivity index (χ3v) is 4.83. The summed E-state index contributed by atoms with van der Waals surface area (Å²) in [5.74, 6) is 1.13. The van der Waals surface area contributed by atoms with Crippen LogP contribution in [0.1, 0.15) is 30.5 Å². The van der Waals surface area contributed by atoms with Gasteiger partial charge >= 0.3 is 0 Å². The SMILES string of the molecule is CCC(CSC)N(C)C(CN)c1ccc(C)c(Cl)c1. The van der Waals surface area contributed by atoms with E-state index in [1.165, 1.54) is 5.56 Å². The highest BCUT2D eigenvalue weighted by Gasteiger charge is 2.22. The molecule has 0 aliphatic heterocycles. The number of rotatable bonds is 7. The number of likely N-dealkylation sites (N-methyl/N-ethyl adjacent to an activating group) is 1. The van der Waals surface area contributed by atoms with Gasteiger partial charge in [0.05, 0.1) is 0 Å². The molecule has 0 aromatic heterocycles. The van der Waals surface area contributed by atoms with Crippen LogP contribution in [0, 0.1) is 6.92 Å². The van der Waals surface area contributed by atoms with E-state index in [-0.39, 0.29) is 6.04 Å². The van der Waals surface area contributed by atoms with Gasteiger partial charge in [-0.25, -0.2) is 0 Å². The Bertz CT molecular complexity index is 398. The molecule has 108 valence electrons. The topological polar surface area (TPSA) is 29.3 Å². The number of thioether (sulfide) groups is 1. The van der Waals surface area contributed by atoms with Crippen molar-refractivity contribution >= 4 is 23.4 Å². The molecule has 0 saturated heterocycles. The molecular formula is C15H25ClN2S. The van der Waals surface area contributed by atoms with E-state index >= 15 is 0 Å². The third kappa shape index (κ3) is 4.38. The van der Waals surface area contributed by atoms with Crippen molar-refractivity contribution in [3.8, 4) is 0 Å². The van der Waals surface area contributed by atoms with Crippen LogP contribution in [0.4, 0.5) is 0 Å². The molecule has 19 heavy (non-hydrogen) atoms. The second kappa shape index (κ2) is 8.15. The summed E-state index contributed by atoms with van der Waals surface area (Å²) in [7, 11) is 2.16. The molecule has 0 bridgehead atoms. The zero-order valence-electron chi connectivity index (χ0n) is 12.3. The molecule has 0 aliphatic carbocycles. The molecule has 0 spiro atoms. The van der Waals surface area contributed by atoms with Crippen LogP contribution in [-0.2, 0) is 0 Å². The van der Waals surface area contributed by atoms with Crippen LogP contribution < -0.4 is 5.73 Å². The normalized spacial score (nSPS) is 14.7. The Morgan fingerprint density at radius 2 is 2.11 bits per heavy atom. The van der Waals surface area contributed by atoms with Crippen LogP contribution in [0.2, 0.25) is 5.02 Å². The van der Waals surface area contributed by atoms with Gasteiger partial charge < -0.3 is 5.73 Å². The minimum Gasteiger partial charge on any atom is -0.329 e. The van der Waals surface area contributed by atoms with E-state index in [1.54, 1.807) is 0 Å². The molecule has 0 aliphatic rings. The number of benzene rings is 1. The maximum atomic E-state index is 6.23. The van der Waals surface area contributed by atoms with E-state index < -0.39 is 0 Å². The number of hydrogen-bond donors (Lipinski definition) is 1. The molecule has 0 heterocycles. The predicted octanol–water partition coefficient (Wildman–Crippen LogP) is 3.72. The van der Waals surface area contributed by atoms with Gasteiger partial charge in [-0.15, -0.1) is 0 Å². The van der Waals surface area contributed by atoms with Gasteiger partial charge in [0.15, 0.2) is 0 Å². The summed E-state index contributed by atoms with van der Waals surface area (Å²) >= 11 is 8.11. The average molecular weight is 301 g/mol. The van der Waals surface area contributed by atoms with E-state index in [0.29, 0.717) is 12.6 Å². The highest BCUT2D eigenvalue weighted by atomic mass is 35.5. The lowest BCUT2D eigenvalue weighted by Crippen LogP contribution is -2.39. The second-order valence-electron chi connectivity index (χ2n) is 4.94. The first-order valence-electron chi connectivity index (χ1n) is 6.72. The summed E-state index contributed by atoms with van der Waals surface area (Å²) in [5.41, 5.74) is 8.31. The van der Waals surface area contributed by atoms with Crippen molar-refractivity contribution in [2.75, 3.05) is 25.6 Å². The van der Waals surface area contributed by atoms with E-state index in [9.17, 15) is 0 Å². The number of aryl methyl sites for hydroxylation is 1. The summed E-state index contributed by atoms with van der Waals surface area (Å²) in [4.78, 5) is 2.39. The molecule has 2 unspecified atom stereocenters. The highest BCUT2D eigenvalue weighted by Crippen LogP contribution is 2.26. The Labute approximate surface area is 126 Å². The fraction of sp³-hybridized carbons (Fsp3) is 0.600. The van der Waals surface area contributed by atoms with E-state index in [4.69, 9.17) is 17.3 Å². The summed E-state index contributed by atoms with van der Waals surface area (Å²) < 4.78 is 0. The van der Waals surface area contributed by atoms with Crippen molar-refractivity contribution in [2.24, 2.45) is 5.73 Å². The maximum absolute atomic E-state index is 6.23. The third-order valence-electron chi connectivity index (χ3n) is 3.70. The number of nitrogens with zero attached hydrogens (tertiary/aromatic N) is 1. The molecule has 0 amide bonds. The Hall–Kier alpha value is -0.220. The van der Waals surface area contributed by atoms with Gasteiger partial charge in [-0.3, -0.25) is 4.90 Å². The van der Waals surface area contributed by atoms with Crippen LogP contribution in [-0.4, -0.2) is 36.5 Å². The molecule has 2 nitrogen and oxygen atoms in total. The predicted molar refractivity (Wildman–Crippen MR) is 88.2 cm³/mol. The van der Waals surface area contributed by atoms with Crippen molar-refractivity contribution in [2.45, 2.75) is 32.4 Å². The highest BCUT2D eigenvalue weighted by molar-refractivity contribution is 7.98. The van der Waals surface area contributed by atoms with Crippen molar-refractivity contribution in [3.05, 3.63) is 34.3 Å². The van der Waals surface area contributed by atoms with Crippen molar-refractivity contribution in [1.82, 2.24) is 4.90 Å². The molecule has 1 aromatic carbocycles. The first-order chi connectivity index (χ1) is 9.04. The van der Waals surface area contributed by atoms with E-state index in [2.05, 4.69) is 43.3 Å². The van der Waals surface area contributed by atoms with Gasteiger partial charge in [-0.1, -0.05) is 30.7 Å². The maximum Gasteiger partial charge on any atom is 0.0471 e. The first-order valence-corrected chi connectivity index (χ1v) is 8.49. The molecule has 1 aromatic rings. The van der Waals surface area contributed by atoms with Gasteiger partial charge in [0.25, 0.3) is 0 Å². The van der Waals surface area contributed by atoms with Crippen LogP contribution >= 0.6 is 23.4 Å². The number of nitrogens with two attached hydrogens (primary N) is 1. The largest absolute Gasteiger partial charge is 0.329 e. The van der Waals surface area contributed by atoms with Gasteiger partial charge in [0.1, 0.15) is 0 Å². The Balaban J connectivity index is 2.94. The second-order valence-corrected chi connectivity index (χ2v) is 6.26. The monoisotopic (exact) mass is 300 g/mol. The van der Waals surface area contributed by atoms with Gasteiger partial charge in [-0.2, -0.15) is 11.8 Å². The lowest BCUT2D eigenvalue weighted by molar-refractivity contribution is 0.188. The fourth-order valence-electron chi connectivity index (χ4n) is 2.32. The lowest BCUT2D eigenvalue weighted by Gasteiger charge is -2.34. The molecule has 2 atom stereocenters. The molecule has 2 N–H and O–H groups in total. The van der Waals surface area contributed by atoms with Crippen LogP contribution in [0.5, 0.6) is 0 Å². The lowest BCUT2D eigenvalue weighted by atomic mass is 10.0. The van der Waals surface area contributed by atoms with Gasteiger partial charge in [0.2, 0.25) is 0 Å². The summed E-state index contributed by atoms with van der Waals surface area (Å²) in [6.07, 6.45) is 3.28. The molecule has 1 rings (SSSR count). The zero-order valence-corrected chi connectivity index (χ0v) is 13.9. The summed E-state index contributed by atoms with van der Waals surface area (Å²) in [6, 6.07) is 7.04. The van der Waals surface area contributed by atoms with Gasteiger partial charge in [-0.05, 0) is 43.8 Å². The number of hydrogen-bond acceptors (Lipinski definition) is 3. The first kappa shape index (κ1) is 16.8. The molecule has 0 fully saturated rings. The van der Waals surface area contributed by atoms with E-state index in [1.807, 2.05) is 18.7 Å². The van der Waals surface area contributed by atoms with E-state index in [0.717, 1.165) is 22.8 Å². The molecule has 4 heteroatoms. The molecule has 0 saturated carbocycles. The zero-order chi connectivity index (χ0) is 14.4. The fourth-order valence-corrected chi connectivity index (χ4v) is 3.37. The number of halogens is 1. The Morgan fingerprint density at radius 1 is 1.42 bits per heavy atom. The van der Waals surface area contributed by atoms with Crippen LogP contribution in [0.15, 0.2) is 18.2 Å². The average Bonchev–Trinajstić information content (AvgIpc) is 2.40. The van der Waals surface area contributed by atoms with Gasteiger partial charge in [0, 0.05) is 29.4 Å². The van der Waals surface area contributed by atoms with Crippen molar-refractivity contribution in [1.29, 1.82) is 0 Å². The molecule has 0 radical (unpaired) electrons. The van der Waals surface area contributed by atoms with Crippen LogP contribution in [0.25, 0.3) is 0 Å². The molecular weight excluding hydrogens is 276 g/mol. The van der Waals surface area contributed by atoms with Crippen LogP contribution in [0.3, 0.4) is 0 Å². The quantitative estimate of drug-likeness (QED) is 0.832. The van der Waals surface area contributed by atoms with Crippen molar-refractivity contribution in [3.63, 3.8) is 0 Å². The minimum absolute atomic E-state index is 0.232.